The third kappa shape index (κ3) is 3.96. The summed E-state index contributed by atoms with van der Waals surface area (Å²) in [5, 5.41) is 13.0. The zero-order valence-corrected chi connectivity index (χ0v) is 12.2. The lowest BCUT2D eigenvalue weighted by Crippen LogP contribution is -1.94. The normalized spacial score (nSPS) is 10.4. The van der Waals surface area contributed by atoms with E-state index in [9.17, 15) is 0 Å². The smallest absolute Gasteiger partial charge is 0.252 e. The van der Waals surface area contributed by atoms with Gasteiger partial charge in [0.1, 0.15) is 18.4 Å². The van der Waals surface area contributed by atoms with Crippen molar-refractivity contribution in [3.8, 4) is 11.8 Å². The minimum absolute atomic E-state index is 0.196. The molecule has 1 N–H and O–H groups in total. The quantitative estimate of drug-likeness (QED) is 0.482. The fraction of sp³-hybridized carbons (Fsp3) is 0.188. The van der Waals surface area contributed by atoms with Crippen LogP contribution in [0.4, 0.5) is 5.88 Å². The molecular weight excluding hydrogens is 280 g/mol. The molecule has 2 aromatic rings. The lowest BCUT2D eigenvalue weighted by molar-refractivity contribution is 0.363. The number of benzene rings is 1. The van der Waals surface area contributed by atoms with Gasteiger partial charge in [0, 0.05) is 6.42 Å². The van der Waals surface area contributed by atoms with Crippen LogP contribution in [0.25, 0.3) is 0 Å². The summed E-state index contributed by atoms with van der Waals surface area (Å²) in [4.78, 5) is 4.02. The Labute approximate surface area is 128 Å². The third-order valence-electron chi connectivity index (χ3n) is 2.71. The molecule has 0 saturated heterocycles. The van der Waals surface area contributed by atoms with Crippen LogP contribution in [-0.4, -0.2) is 17.8 Å². The van der Waals surface area contributed by atoms with Gasteiger partial charge < -0.3 is 9.15 Å². The second-order valence-electron chi connectivity index (χ2n) is 4.29. The van der Waals surface area contributed by atoms with Crippen LogP contribution < -0.4 is 10.2 Å². The van der Waals surface area contributed by atoms with Crippen molar-refractivity contribution < 1.29 is 9.15 Å². The van der Waals surface area contributed by atoms with E-state index in [1.165, 1.54) is 0 Å². The van der Waals surface area contributed by atoms with E-state index in [0.29, 0.717) is 18.9 Å². The van der Waals surface area contributed by atoms with E-state index in [1.807, 2.05) is 37.3 Å². The first kappa shape index (κ1) is 15.3. The van der Waals surface area contributed by atoms with E-state index in [4.69, 9.17) is 14.4 Å². The summed E-state index contributed by atoms with van der Waals surface area (Å²) in [6.45, 7) is 5.96. The maximum atomic E-state index is 8.96. The molecule has 6 heteroatoms. The Morgan fingerprint density at radius 2 is 2.23 bits per heavy atom. The van der Waals surface area contributed by atoms with E-state index in [-0.39, 0.29) is 11.6 Å². The topological polar surface area (TPSA) is 83.4 Å². The number of hydrogen-bond acceptors (Lipinski definition) is 6. The lowest BCUT2D eigenvalue weighted by atomic mass is 10.2. The Bertz CT molecular complexity index is 696. The predicted molar refractivity (Wildman–Crippen MR) is 83.9 cm³/mol. The molecule has 6 nitrogen and oxygen atoms in total. The van der Waals surface area contributed by atoms with Crippen molar-refractivity contribution >= 4 is 12.1 Å². The van der Waals surface area contributed by atoms with Crippen molar-refractivity contribution in [1.29, 1.82) is 5.26 Å². The Kier molecular flexibility index (Phi) is 5.32. The summed E-state index contributed by atoms with van der Waals surface area (Å²) in [6.07, 6.45) is 3.92. The van der Waals surface area contributed by atoms with Crippen LogP contribution in [0, 0.1) is 11.3 Å². The molecule has 0 spiro atoms. The van der Waals surface area contributed by atoms with Crippen LogP contribution in [0.1, 0.15) is 24.1 Å². The molecule has 2 rings (SSSR count). The standard InChI is InChI=1S/C16H16N4O2/c1-3-9-21-13-7-5-12(6-8-13)11-18-20-16-14(10-17)19-15(4-2)22-16/h3,5-8,11,20H,1,4,9H2,2H3/b18-11-. The van der Waals surface area contributed by atoms with Gasteiger partial charge in [-0.3, -0.25) is 0 Å². The molecule has 0 aliphatic heterocycles. The third-order valence-corrected chi connectivity index (χ3v) is 2.71. The minimum atomic E-state index is 0.196. The van der Waals surface area contributed by atoms with E-state index in [2.05, 4.69) is 22.1 Å². The van der Waals surface area contributed by atoms with Gasteiger partial charge in [-0.05, 0) is 29.8 Å². The number of hydrogen-bond donors (Lipinski definition) is 1. The number of nitriles is 1. The molecule has 0 fully saturated rings. The number of nitrogens with zero attached hydrogens (tertiary/aromatic N) is 3. The van der Waals surface area contributed by atoms with E-state index in [0.717, 1.165) is 11.3 Å². The van der Waals surface area contributed by atoms with Crippen LogP contribution >= 0.6 is 0 Å². The molecule has 0 aliphatic rings. The highest BCUT2D eigenvalue weighted by molar-refractivity contribution is 5.80. The first-order chi connectivity index (χ1) is 10.8. The number of aryl methyl sites for hydroxylation is 1. The molecule has 0 aliphatic carbocycles. The molecule has 1 aromatic heterocycles. The van der Waals surface area contributed by atoms with Gasteiger partial charge >= 0.3 is 0 Å². The number of anilines is 1. The van der Waals surface area contributed by atoms with Gasteiger partial charge in [0.15, 0.2) is 5.89 Å². The van der Waals surface area contributed by atoms with Gasteiger partial charge in [-0.2, -0.15) is 10.4 Å². The van der Waals surface area contributed by atoms with E-state index >= 15 is 0 Å². The largest absolute Gasteiger partial charge is 0.490 e. The molecule has 0 unspecified atom stereocenters. The summed E-state index contributed by atoms with van der Waals surface area (Å²) in [5.74, 6) is 1.51. The van der Waals surface area contributed by atoms with E-state index in [1.54, 1.807) is 12.3 Å². The second-order valence-corrected chi connectivity index (χ2v) is 4.29. The Balaban J connectivity index is 1.99. The highest BCUT2D eigenvalue weighted by atomic mass is 16.5. The number of rotatable bonds is 7. The molecular formula is C16H16N4O2. The highest BCUT2D eigenvalue weighted by Gasteiger charge is 2.10. The zero-order chi connectivity index (χ0) is 15.8. The van der Waals surface area contributed by atoms with Crippen LogP contribution in [0.15, 0.2) is 46.4 Å². The summed E-state index contributed by atoms with van der Waals surface area (Å²) in [6, 6.07) is 9.38. The molecule has 1 aromatic carbocycles. The average Bonchev–Trinajstić information content (AvgIpc) is 2.96. The molecule has 22 heavy (non-hydrogen) atoms. The van der Waals surface area contributed by atoms with Gasteiger partial charge in [0.25, 0.3) is 5.88 Å². The predicted octanol–water partition coefficient (Wildman–Crippen LogP) is 3.12. The molecule has 0 amide bonds. The number of aromatic nitrogens is 1. The van der Waals surface area contributed by atoms with Crippen molar-refractivity contribution in [2.75, 3.05) is 12.0 Å². The maximum Gasteiger partial charge on any atom is 0.252 e. The van der Waals surface area contributed by atoms with Crippen LogP contribution in [-0.2, 0) is 6.42 Å². The fourth-order valence-electron chi connectivity index (χ4n) is 1.64. The van der Waals surface area contributed by atoms with Gasteiger partial charge in [0.2, 0.25) is 5.69 Å². The zero-order valence-electron chi connectivity index (χ0n) is 12.2. The Morgan fingerprint density at radius 1 is 1.45 bits per heavy atom. The van der Waals surface area contributed by atoms with Crippen molar-refractivity contribution in [3.63, 3.8) is 0 Å². The van der Waals surface area contributed by atoms with Crippen molar-refractivity contribution in [2.24, 2.45) is 5.10 Å². The average molecular weight is 296 g/mol. The van der Waals surface area contributed by atoms with Crippen LogP contribution in [0.5, 0.6) is 5.75 Å². The number of ether oxygens (including phenoxy) is 1. The maximum absolute atomic E-state index is 8.96. The summed E-state index contributed by atoms with van der Waals surface area (Å²) < 4.78 is 10.8. The monoisotopic (exact) mass is 296 g/mol. The number of hydrazone groups is 1. The highest BCUT2D eigenvalue weighted by Crippen LogP contribution is 2.16. The first-order valence-electron chi connectivity index (χ1n) is 6.79. The summed E-state index contributed by atoms with van der Waals surface area (Å²) >= 11 is 0. The Hall–Kier alpha value is -3.07. The van der Waals surface area contributed by atoms with Crippen molar-refractivity contribution in [3.05, 3.63) is 54.1 Å². The van der Waals surface area contributed by atoms with Crippen LogP contribution in [0.3, 0.4) is 0 Å². The molecule has 0 radical (unpaired) electrons. The Morgan fingerprint density at radius 3 is 2.86 bits per heavy atom. The van der Waals surface area contributed by atoms with E-state index < -0.39 is 0 Å². The molecule has 0 atom stereocenters. The SMILES string of the molecule is C=CCOc1ccc(/C=N\Nc2oc(CC)nc2C#N)cc1. The molecule has 0 saturated carbocycles. The summed E-state index contributed by atoms with van der Waals surface area (Å²) in [7, 11) is 0. The van der Waals surface area contributed by atoms with Crippen molar-refractivity contribution in [2.45, 2.75) is 13.3 Å². The van der Waals surface area contributed by atoms with Gasteiger partial charge in [-0.1, -0.05) is 19.6 Å². The molecule has 1 heterocycles. The number of oxazole rings is 1. The van der Waals surface area contributed by atoms with Crippen molar-refractivity contribution in [1.82, 2.24) is 4.98 Å². The molecule has 0 bridgehead atoms. The lowest BCUT2D eigenvalue weighted by Gasteiger charge is -2.02. The summed E-state index contributed by atoms with van der Waals surface area (Å²) in [5.41, 5.74) is 3.77. The fourth-order valence-corrected chi connectivity index (χ4v) is 1.64. The molecule has 112 valence electrons. The second kappa shape index (κ2) is 7.64. The minimum Gasteiger partial charge on any atom is -0.490 e. The van der Waals surface area contributed by atoms with Gasteiger partial charge in [-0.15, -0.1) is 0 Å². The van der Waals surface area contributed by atoms with Gasteiger partial charge in [-0.25, -0.2) is 10.4 Å². The van der Waals surface area contributed by atoms with Gasteiger partial charge in [0.05, 0.1) is 6.21 Å². The first-order valence-corrected chi connectivity index (χ1v) is 6.79. The number of nitrogens with one attached hydrogen (secondary N) is 1. The van der Waals surface area contributed by atoms with Crippen LogP contribution in [0.2, 0.25) is 0 Å².